The second-order valence-electron chi connectivity index (χ2n) is 5.00. The molecular formula is C15H26I2O2Si. The zero-order valence-electron chi connectivity index (χ0n) is 12.4. The van der Waals surface area contributed by atoms with E-state index in [4.69, 9.17) is 4.74 Å². The van der Waals surface area contributed by atoms with E-state index in [1.54, 1.807) is 6.92 Å². The minimum atomic E-state index is -0.258. The number of alkyl halides is 2. The van der Waals surface area contributed by atoms with Gasteiger partial charge >= 0.3 is 5.97 Å². The molecule has 2 radical (unpaired) electrons. The first-order valence-corrected chi connectivity index (χ1v) is 11.2. The Bertz CT molecular complexity index is 271. The molecule has 0 unspecified atom stereocenters. The number of halogens is 2. The highest BCUT2D eigenvalue weighted by molar-refractivity contribution is 14.2. The molecule has 0 N–H and O–H groups in total. The van der Waals surface area contributed by atoms with Crippen molar-refractivity contribution in [3.05, 3.63) is 12.2 Å². The fourth-order valence-corrected chi connectivity index (χ4v) is 4.33. The van der Waals surface area contributed by atoms with Crippen LogP contribution in [0.4, 0.5) is 0 Å². The molecule has 0 bridgehead atoms. The minimum Gasteiger partial charge on any atom is -0.462 e. The molecule has 0 fully saturated rings. The number of esters is 1. The van der Waals surface area contributed by atoms with Gasteiger partial charge in [0.1, 0.15) is 0 Å². The summed E-state index contributed by atoms with van der Waals surface area (Å²) in [5.74, 6) is -0.258. The SMILES string of the molecule is C=C(C)C(=O)OCCCCCCCCCC[Si]C(I)I. The second kappa shape index (κ2) is 14.8. The quantitative estimate of drug-likeness (QED) is 0.0801. The van der Waals surface area contributed by atoms with Crippen molar-refractivity contribution in [2.75, 3.05) is 6.61 Å². The second-order valence-corrected chi connectivity index (χ2v) is 13.7. The highest BCUT2D eigenvalue weighted by Gasteiger charge is 2.02. The van der Waals surface area contributed by atoms with Gasteiger partial charge in [-0.2, -0.15) is 0 Å². The van der Waals surface area contributed by atoms with Crippen LogP contribution in [0.5, 0.6) is 0 Å². The molecule has 0 aliphatic carbocycles. The molecule has 0 aromatic heterocycles. The molecular weight excluding hydrogens is 494 g/mol. The van der Waals surface area contributed by atoms with E-state index in [2.05, 4.69) is 51.8 Å². The van der Waals surface area contributed by atoms with Crippen LogP contribution in [-0.4, -0.2) is 23.7 Å². The fourth-order valence-electron chi connectivity index (χ4n) is 1.79. The summed E-state index contributed by atoms with van der Waals surface area (Å²) in [5.41, 5.74) is 0.488. The number of unbranched alkanes of at least 4 members (excludes halogenated alkanes) is 7. The van der Waals surface area contributed by atoms with Crippen LogP contribution < -0.4 is 0 Å². The van der Waals surface area contributed by atoms with Gasteiger partial charge in [0.2, 0.25) is 0 Å². The van der Waals surface area contributed by atoms with E-state index >= 15 is 0 Å². The van der Waals surface area contributed by atoms with Crippen LogP contribution in [0.25, 0.3) is 0 Å². The van der Waals surface area contributed by atoms with Gasteiger partial charge in [0.25, 0.3) is 0 Å². The zero-order chi connectivity index (χ0) is 15.2. The van der Waals surface area contributed by atoms with E-state index in [9.17, 15) is 4.79 Å². The van der Waals surface area contributed by atoms with Crippen LogP contribution in [0.3, 0.4) is 0 Å². The van der Waals surface area contributed by atoms with Crippen molar-refractivity contribution in [2.45, 2.75) is 65.9 Å². The van der Waals surface area contributed by atoms with Crippen LogP contribution in [-0.2, 0) is 9.53 Å². The third-order valence-corrected chi connectivity index (χ3v) is 6.54. The summed E-state index contributed by atoms with van der Waals surface area (Å²) in [6.07, 6.45) is 10.2. The Morgan fingerprint density at radius 3 is 2.05 bits per heavy atom. The Kier molecular flexibility index (Phi) is 15.5. The standard InChI is InChI=1S/C15H26I2O2Si/c1-13(2)14(18)19-11-9-7-5-3-4-6-8-10-12-20-15(16)17/h15H,1,3-12H2,2H3. The monoisotopic (exact) mass is 520 g/mol. The predicted molar refractivity (Wildman–Crippen MR) is 105 cm³/mol. The van der Waals surface area contributed by atoms with Crippen molar-refractivity contribution in [1.82, 2.24) is 0 Å². The maximum Gasteiger partial charge on any atom is 0.333 e. The molecule has 0 amide bonds. The molecule has 0 rings (SSSR count). The lowest BCUT2D eigenvalue weighted by atomic mass is 10.1. The molecule has 0 saturated heterocycles. The van der Waals surface area contributed by atoms with Crippen LogP contribution in [0, 0.1) is 0 Å². The molecule has 2 nitrogen and oxygen atoms in total. The maximum absolute atomic E-state index is 11.1. The van der Waals surface area contributed by atoms with Gasteiger partial charge in [-0.25, -0.2) is 4.79 Å². The number of rotatable bonds is 13. The molecule has 0 aromatic rings. The van der Waals surface area contributed by atoms with Crippen molar-refractivity contribution in [3.63, 3.8) is 0 Å². The topological polar surface area (TPSA) is 26.3 Å². The Balaban J connectivity index is 3.10. The molecule has 0 atom stereocenters. The summed E-state index contributed by atoms with van der Waals surface area (Å²) in [6.45, 7) is 5.79. The smallest absolute Gasteiger partial charge is 0.333 e. The number of hydrogen-bond acceptors (Lipinski definition) is 2. The number of carbonyl (C=O) groups is 1. The third kappa shape index (κ3) is 15.3. The summed E-state index contributed by atoms with van der Waals surface area (Å²) in [7, 11) is 1.12. The van der Waals surface area contributed by atoms with Crippen LogP contribution in [0.15, 0.2) is 12.2 Å². The van der Waals surface area contributed by atoms with Gasteiger partial charge in [-0.1, -0.05) is 103 Å². The largest absolute Gasteiger partial charge is 0.462 e. The molecule has 5 heteroatoms. The van der Waals surface area contributed by atoms with E-state index in [-0.39, 0.29) is 5.97 Å². The third-order valence-electron chi connectivity index (χ3n) is 2.95. The highest BCUT2D eigenvalue weighted by atomic mass is 127. The van der Waals surface area contributed by atoms with Gasteiger partial charge in [-0.15, -0.1) is 0 Å². The van der Waals surface area contributed by atoms with E-state index in [1.807, 2.05) is 0 Å². The average molecular weight is 520 g/mol. The van der Waals surface area contributed by atoms with Gasteiger partial charge in [0.15, 0.2) is 0 Å². The van der Waals surface area contributed by atoms with Crippen molar-refractivity contribution in [2.24, 2.45) is 0 Å². The highest BCUT2D eigenvalue weighted by Crippen LogP contribution is 2.13. The van der Waals surface area contributed by atoms with Crippen LogP contribution >= 0.6 is 45.2 Å². The lowest BCUT2D eigenvalue weighted by Gasteiger charge is -2.04. The average Bonchev–Trinajstić information content (AvgIpc) is 2.39. The molecule has 116 valence electrons. The van der Waals surface area contributed by atoms with Gasteiger partial charge < -0.3 is 4.74 Å². The molecule has 0 heterocycles. The lowest BCUT2D eigenvalue weighted by molar-refractivity contribution is -0.139. The van der Waals surface area contributed by atoms with Crippen LogP contribution in [0.2, 0.25) is 6.04 Å². The predicted octanol–water partition coefficient (Wildman–Crippen LogP) is 5.50. The van der Waals surface area contributed by atoms with E-state index < -0.39 is 0 Å². The van der Waals surface area contributed by atoms with Gasteiger partial charge in [0, 0.05) is 5.57 Å². The van der Waals surface area contributed by atoms with E-state index in [0.717, 1.165) is 23.9 Å². The van der Waals surface area contributed by atoms with E-state index in [0.29, 0.717) is 12.2 Å². The summed E-state index contributed by atoms with van der Waals surface area (Å²) < 4.78 is 5.88. The Labute approximate surface area is 154 Å². The molecule has 0 aliphatic rings. The van der Waals surface area contributed by atoms with E-state index in [1.165, 1.54) is 44.6 Å². The lowest BCUT2D eigenvalue weighted by Crippen LogP contribution is -2.05. The molecule has 20 heavy (non-hydrogen) atoms. The fraction of sp³-hybridized carbons (Fsp3) is 0.800. The number of hydrogen-bond donors (Lipinski definition) is 0. The van der Waals surface area contributed by atoms with Gasteiger partial charge in [-0.3, -0.25) is 0 Å². The molecule has 0 aliphatic heterocycles. The minimum absolute atomic E-state index is 0.258. The van der Waals surface area contributed by atoms with Crippen molar-refractivity contribution < 1.29 is 9.53 Å². The normalized spacial score (nSPS) is 10.8. The van der Waals surface area contributed by atoms with Crippen molar-refractivity contribution >= 4 is 60.7 Å². The first kappa shape index (κ1) is 20.9. The summed E-state index contributed by atoms with van der Waals surface area (Å²) >= 11 is 5.01. The summed E-state index contributed by atoms with van der Waals surface area (Å²) in [4.78, 5) is 11.1. The first-order valence-electron chi connectivity index (χ1n) is 7.38. The first-order chi connectivity index (χ1) is 9.54. The number of ether oxygens (including phenoxy) is 1. The van der Waals surface area contributed by atoms with Crippen LogP contribution in [0.1, 0.15) is 58.3 Å². The Morgan fingerprint density at radius 2 is 1.55 bits per heavy atom. The summed E-state index contributed by atoms with van der Waals surface area (Å²) in [5, 5.41) is 0. The molecule has 0 aromatic carbocycles. The van der Waals surface area contributed by atoms with Gasteiger partial charge in [-0.05, 0) is 13.3 Å². The summed E-state index contributed by atoms with van der Waals surface area (Å²) in [6, 6.07) is 1.41. The van der Waals surface area contributed by atoms with Crippen molar-refractivity contribution in [3.8, 4) is 0 Å². The Morgan fingerprint density at radius 1 is 1.05 bits per heavy atom. The Hall–Kier alpha value is 0.887. The number of carbonyl (C=O) groups excluding carboxylic acids is 1. The zero-order valence-corrected chi connectivity index (χ0v) is 17.7. The maximum atomic E-state index is 11.1. The van der Waals surface area contributed by atoms with Gasteiger partial charge in [0.05, 0.1) is 17.7 Å². The molecule has 0 saturated carbocycles. The van der Waals surface area contributed by atoms with Crippen molar-refractivity contribution in [1.29, 1.82) is 0 Å². The molecule has 0 spiro atoms.